The molecule has 0 aromatic heterocycles. The minimum Gasteiger partial charge on any atom is -0.457 e. The Morgan fingerprint density at radius 1 is 1.19 bits per heavy atom. The molecule has 0 aliphatic heterocycles. The Morgan fingerprint density at radius 3 is 2.57 bits per heavy atom. The van der Waals surface area contributed by atoms with Gasteiger partial charge in [0.1, 0.15) is 6.61 Å². The summed E-state index contributed by atoms with van der Waals surface area (Å²) in [6, 6.07) is 11.9. The number of benzene rings is 2. The molecule has 5 heteroatoms. The third kappa shape index (κ3) is 3.66. The molecule has 0 N–H and O–H groups in total. The number of rotatable bonds is 4. The second kappa shape index (κ2) is 6.17. The first kappa shape index (κ1) is 14.7. The van der Waals surface area contributed by atoms with Gasteiger partial charge >= 0.3 is 5.97 Å². The molecule has 108 valence electrons. The van der Waals surface area contributed by atoms with Crippen molar-refractivity contribution in [1.29, 1.82) is 0 Å². The summed E-state index contributed by atoms with van der Waals surface area (Å²) < 4.78 is 5.22. The predicted molar refractivity (Wildman–Crippen MR) is 78.1 cm³/mol. The lowest BCUT2D eigenvalue weighted by Crippen LogP contribution is -2.06. The van der Waals surface area contributed by atoms with Gasteiger partial charge in [-0.3, -0.25) is 10.1 Å². The highest BCUT2D eigenvalue weighted by Gasteiger charge is 2.14. The minimum atomic E-state index is -0.491. The Hall–Kier alpha value is -2.69. The van der Waals surface area contributed by atoms with Crippen LogP contribution in [-0.4, -0.2) is 10.9 Å². The van der Waals surface area contributed by atoms with E-state index in [-0.39, 0.29) is 12.3 Å². The summed E-state index contributed by atoms with van der Waals surface area (Å²) in [5, 5.41) is 10.7. The van der Waals surface area contributed by atoms with Crippen molar-refractivity contribution in [3.8, 4) is 0 Å². The summed E-state index contributed by atoms with van der Waals surface area (Å²) >= 11 is 0. The zero-order valence-corrected chi connectivity index (χ0v) is 11.8. The molecule has 2 aromatic rings. The van der Waals surface area contributed by atoms with Crippen LogP contribution in [0.3, 0.4) is 0 Å². The van der Waals surface area contributed by atoms with Gasteiger partial charge in [0.15, 0.2) is 0 Å². The Bertz CT molecular complexity index is 694. The molecule has 0 saturated carbocycles. The van der Waals surface area contributed by atoms with Crippen LogP contribution < -0.4 is 0 Å². The summed E-state index contributed by atoms with van der Waals surface area (Å²) in [5.41, 5.74) is 2.73. The number of hydrogen-bond donors (Lipinski definition) is 0. The molecule has 0 fully saturated rings. The van der Waals surface area contributed by atoms with Crippen LogP contribution in [-0.2, 0) is 11.3 Å². The minimum absolute atomic E-state index is 0.00904. The van der Waals surface area contributed by atoms with Crippen molar-refractivity contribution in [2.24, 2.45) is 0 Å². The third-order valence-electron chi connectivity index (χ3n) is 3.08. The van der Waals surface area contributed by atoms with Crippen LogP contribution in [0.2, 0.25) is 0 Å². The highest BCUT2D eigenvalue weighted by atomic mass is 16.6. The van der Waals surface area contributed by atoms with Gasteiger partial charge < -0.3 is 4.74 Å². The monoisotopic (exact) mass is 285 g/mol. The largest absolute Gasteiger partial charge is 0.457 e. The zero-order valence-electron chi connectivity index (χ0n) is 11.8. The molecular formula is C16H15NO4. The van der Waals surface area contributed by atoms with Crippen molar-refractivity contribution in [1.82, 2.24) is 0 Å². The van der Waals surface area contributed by atoms with Crippen molar-refractivity contribution in [2.45, 2.75) is 20.5 Å². The zero-order chi connectivity index (χ0) is 15.4. The van der Waals surface area contributed by atoms with Crippen molar-refractivity contribution in [3.05, 3.63) is 74.8 Å². The van der Waals surface area contributed by atoms with Gasteiger partial charge in [-0.05, 0) is 31.5 Å². The number of ether oxygens (including phenoxy) is 1. The fourth-order valence-electron chi connectivity index (χ4n) is 2.02. The molecule has 2 rings (SSSR count). The SMILES string of the molecule is Cc1cccc(COC(=O)c2ccc([N+](=O)[O-])c(C)c2)c1. The normalized spacial score (nSPS) is 10.2. The highest BCUT2D eigenvalue weighted by molar-refractivity contribution is 5.90. The van der Waals surface area contributed by atoms with Crippen LogP contribution in [0.15, 0.2) is 42.5 Å². The van der Waals surface area contributed by atoms with Gasteiger partial charge in [-0.25, -0.2) is 4.79 Å². The number of nitro groups is 1. The lowest BCUT2D eigenvalue weighted by molar-refractivity contribution is -0.385. The number of nitrogens with zero attached hydrogens (tertiary/aromatic N) is 1. The third-order valence-corrected chi connectivity index (χ3v) is 3.08. The van der Waals surface area contributed by atoms with E-state index in [9.17, 15) is 14.9 Å². The highest BCUT2D eigenvalue weighted by Crippen LogP contribution is 2.19. The molecule has 5 nitrogen and oxygen atoms in total. The summed E-state index contributed by atoms with van der Waals surface area (Å²) in [4.78, 5) is 22.2. The van der Waals surface area contributed by atoms with Gasteiger partial charge in [0.2, 0.25) is 0 Å². The van der Waals surface area contributed by atoms with E-state index < -0.39 is 10.9 Å². The summed E-state index contributed by atoms with van der Waals surface area (Å²) in [5.74, 6) is -0.491. The quantitative estimate of drug-likeness (QED) is 0.489. The molecule has 0 radical (unpaired) electrons. The molecule has 0 aliphatic rings. The number of nitro benzene ring substituents is 1. The van der Waals surface area contributed by atoms with Crippen LogP contribution in [0.1, 0.15) is 27.0 Å². The van der Waals surface area contributed by atoms with Crippen LogP contribution in [0.4, 0.5) is 5.69 Å². The smallest absolute Gasteiger partial charge is 0.338 e. The van der Waals surface area contributed by atoms with Crippen LogP contribution >= 0.6 is 0 Å². The standard InChI is InChI=1S/C16H15NO4/c1-11-4-3-5-13(8-11)10-21-16(18)14-6-7-15(17(19)20)12(2)9-14/h3-9H,10H2,1-2H3. The topological polar surface area (TPSA) is 69.4 Å². The van der Waals surface area contributed by atoms with E-state index in [1.54, 1.807) is 6.92 Å². The predicted octanol–water partition coefficient (Wildman–Crippen LogP) is 3.57. The number of esters is 1. The van der Waals surface area contributed by atoms with Gasteiger partial charge in [-0.2, -0.15) is 0 Å². The maximum absolute atomic E-state index is 11.9. The van der Waals surface area contributed by atoms with Crippen molar-refractivity contribution in [2.75, 3.05) is 0 Å². The van der Waals surface area contributed by atoms with Crippen LogP contribution in [0.5, 0.6) is 0 Å². The number of carbonyl (C=O) groups excluding carboxylic acids is 1. The van der Waals surface area contributed by atoms with Crippen LogP contribution in [0.25, 0.3) is 0 Å². The molecule has 0 unspecified atom stereocenters. The maximum atomic E-state index is 11.9. The first-order valence-electron chi connectivity index (χ1n) is 6.45. The molecule has 21 heavy (non-hydrogen) atoms. The van der Waals surface area contributed by atoms with Gasteiger partial charge in [-0.15, -0.1) is 0 Å². The lowest BCUT2D eigenvalue weighted by atomic mass is 10.1. The molecule has 0 atom stereocenters. The summed E-state index contributed by atoms with van der Waals surface area (Å²) in [6.07, 6.45) is 0. The van der Waals surface area contributed by atoms with Gasteiger partial charge in [0, 0.05) is 11.6 Å². The molecule has 0 amide bonds. The lowest BCUT2D eigenvalue weighted by Gasteiger charge is -2.06. The van der Waals surface area contributed by atoms with Gasteiger partial charge in [-0.1, -0.05) is 29.8 Å². The van der Waals surface area contributed by atoms with Gasteiger partial charge in [0.05, 0.1) is 10.5 Å². The second-order valence-electron chi connectivity index (χ2n) is 4.82. The van der Waals surface area contributed by atoms with Crippen LogP contribution in [0, 0.1) is 24.0 Å². The number of carbonyl (C=O) groups is 1. The van der Waals surface area contributed by atoms with Gasteiger partial charge in [0.25, 0.3) is 5.69 Å². The van der Waals surface area contributed by atoms with Crippen molar-refractivity contribution in [3.63, 3.8) is 0 Å². The summed E-state index contributed by atoms with van der Waals surface area (Å²) in [7, 11) is 0. The molecule has 0 aliphatic carbocycles. The van der Waals surface area contributed by atoms with E-state index in [2.05, 4.69) is 0 Å². The first-order chi connectivity index (χ1) is 9.97. The van der Waals surface area contributed by atoms with Crippen molar-refractivity contribution < 1.29 is 14.5 Å². The first-order valence-corrected chi connectivity index (χ1v) is 6.45. The Kier molecular flexibility index (Phi) is 4.33. The Labute approximate surface area is 122 Å². The van der Waals surface area contributed by atoms with E-state index in [0.717, 1.165) is 11.1 Å². The van der Waals surface area contributed by atoms with E-state index in [1.807, 2.05) is 31.2 Å². The Morgan fingerprint density at radius 2 is 1.95 bits per heavy atom. The molecule has 0 spiro atoms. The molecule has 2 aromatic carbocycles. The van der Waals surface area contributed by atoms with E-state index in [0.29, 0.717) is 11.1 Å². The van der Waals surface area contributed by atoms with Crippen molar-refractivity contribution >= 4 is 11.7 Å². The van der Waals surface area contributed by atoms with E-state index in [4.69, 9.17) is 4.74 Å². The average molecular weight is 285 g/mol. The molecule has 0 saturated heterocycles. The van der Waals surface area contributed by atoms with E-state index >= 15 is 0 Å². The van der Waals surface area contributed by atoms with E-state index in [1.165, 1.54) is 18.2 Å². The number of hydrogen-bond acceptors (Lipinski definition) is 4. The average Bonchev–Trinajstić information content (AvgIpc) is 2.44. The second-order valence-corrected chi connectivity index (χ2v) is 4.82. The molecule has 0 bridgehead atoms. The molecule has 0 heterocycles. The Balaban J connectivity index is 2.07. The molecular weight excluding hydrogens is 270 g/mol. The number of aryl methyl sites for hydroxylation is 2. The fourth-order valence-corrected chi connectivity index (χ4v) is 2.02. The summed E-state index contributed by atoms with van der Waals surface area (Å²) in [6.45, 7) is 3.73. The fraction of sp³-hybridized carbons (Fsp3) is 0.188. The maximum Gasteiger partial charge on any atom is 0.338 e.